The van der Waals surface area contributed by atoms with Crippen LogP contribution in [0.1, 0.15) is 44.7 Å². The number of nitrogens with zero attached hydrogens (tertiary/aromatic N) is 1. The molecular weight excluding hydrogens is 348 g/mol. The second-order valence-corrected chi connectivity index (χ2v) is 6.14. The van der Waals surface area contributed by atoms with Crippen LogP contribution in [0.2, 0.25) is 0 Å². The summed E-state index contributed by atoms with van der Waals surface area (Å²) in [4.78, 5) is 23.2. The van der Waals surface area contributed by atoms with E-state index in [-0.39, 0.29) is 17.4 Å². The van der Waals surface area contributed by atoms with Crippen LogP contribution in [0.4, 0.5) is 0 Å². The van der Waals surface area contributed by atoms with Gasteiger partial charge in [0.25, 0.3) is 5.56 Å². The molecule has 0 amide bonds. The normalized spacial score (nSPS) is 12.3. The predicted molar refractivity (Wildman–Crippen MR) is 89.0 cm³/mol. The smallest absolute Gasteiger partial charge is 0.305 e. The molecular formula is C16H19BrN2O3. The molecule has 1 heterocycles. The molecule has 1 unspecified atom stereocenters. The molecule has 0 radical (unpaired) electrons. The van der Waals surface area contributed by atoms with Gasteiger partial charge in [0.2, 0.25) is 0 Å². The Balaban J connectivity index is 2.16. The highest BCUT2D eigenvalue weighted by atomic mass is 79.9. The van der Waals surface area contributed by atoms with Crippen LogP contribution in [0.25, 0.3) is 10.8 Å². The van der Waals surface area contributed by atoms with Gasteiger partial charge in [-0.3, -0.25) is 9.59 Å². The largest absolute Gasteiger partial charge is 0.466 e. The Morgan fingerprint density at radius 2 is 2.18 bits per heavy atom. The molecule has 1 aromatic heterocycles. The van der Waals surface area contributed by atoms with Crippen molar-refractivity contribution >= 4 is 32.7 Å². The zero-order valence-corrected chi connectivity index (χ0v) is 14.3. The summed E-state index contributed by atoms with van der Waals surface area (Å²) in [6, 6.07) is 5.54. The SMILES string of the molecule is CCOC(=O)CCCC(C)c1n[nH]c(=O)c2ccc(Br)cc12. The monoisotopic (exact) mass is 366 g/mol. The molecule has 0 spiro atoms. The summed E-state index contributed by atoms with van der Waals surface area (Å²) in [5.74, 6) is -0.0280. The standard InChI is InChI=1S/C16H19BrN2O3/c1-3-22-14(20)6-4-5-10(2)15-13-9-11(17)7-8-12(13)16(21)19-18-15/h7-10H,3-6H2,1-2H3,(H,19,21). The van der Waals surface area contributed by atoms with Crippen molar-refractivity contribution in [2.75, 3.05) is 6.61 Å². The summed E-state index contributed by atoms with van der Waals surface area (Å²) < 4.78 is 5.83. The topological polar surface area (TPSA) is 72.0 Å². The molecule has 0 saturated carbocycles. The van der Waals surface area contributed by atoms with Crippen molar-refractivity contribution in [2.24, 2.45) is 0 Å². The number of rotatable bonds is 6. The summed E-state index contributed by atoms with van der Waals surface area (Å²) in [5.41, 5.74) is 0.657. The minimum Gasteiger partial charge on any atom is -0.466 e. The van der Waals surface area contributed by atoms with Crippen molar-refractivity contribution in [3.63, 3.8) is 0 Å². The highest BCUT2D eigenvalue weighted by Gasteiger charge is 2.14. The number of hydrogen-bond acceptors (Lipinski definition) is 4. The highest BCUT2D eigenvalue weighted by molar-refractivity contribution is 9.10. The number of aromatic amines is 1. The average molecular weight is 367 g/mol. The van der Waals surface area contributed by atoms with Crippen molar-refractivity contribution in [1.29, 1.82) is 0 Å². The third-order valence-corrected chi connectivity index (χ3v) is 4.06. The van der Waals surface area contributed by atoms with Gasteiger partial charge >= 0.3 is 5.97 Å². The van der Waals surface area contributed by atoms with Crippen LogP contribution in [0.3, 0.4) is 0 Å². The Kier molecular flexibility index (Phi) is 5.71. The fourth-order valence-corrected chi connectivity index (χ4v) is 2.82. The quantitative estimate of drug-likeness (QED) is 0.793. The van der Waals surface area contributed by atoms with Crippen molar-refractivity contribution in [3.8, 4) is 0 Å². The molecule has 0 saturated heterocycles. The first-order chi connectivity index (χ1) is 10.5. The van der Waals surface area contributed by atoms with Gasteiger partial charge in [0.05, 0.1) is 17.7 Å². The van der Waals surface area contributed by atoms with Crippen molar-refractivity contribution in [3.05, 3.63) is 38.7 Å². The Bertz CT molecular complexity index is 727. The Morgan fingerprint density at radius 3 is 2.91 bits per heavy atom. The van der Waals surface area contributed by atoms with Crippen LogP contribution in [0, 0.1) is 0 Å². The fraction of sp³-hybridized carbons (Fsp3) is 0.438. The number of aromatic nitrogens is 2. The third kappa shape index (κ3) is 3.94. The molecule has 0 aliphatic carbocycles. The first kappa shape index (κ1) is 16.7. The lowest BCUT2D eigenvalue weighted by Gasteiger charge is -2.13. The van der Waals surface area contributed by atoms with Crippen LogP contribution >= 0.6 is 15.9 Å². The van der Waals surface area contributed by atoms with Gasteiger partial charge in [-0.2, -0.15) is 5.10 Å². The summed E-state index contributed by atoms with van der Waals surface area (Å²) in [5, 5.41) is 8.24. The molecule has 0 aliphatic heterocycles. The average Bonchev–Trinajstić information content (AvgIpc) is 2.47. The second-order valence-electron chi connectivity index (χ2n) is 5.23. The third-order valence-electron chi connectivity index (χ3n) is 3.57. The van der Waals surface area contributed by atoms with Gasteiger partial charge in [-0.25, -0.2) is 5.10 Å². The summed E-state index contributed by atoms with van der Waals surface area (Å²) in [7, 11) is 0. The summed E-state index contributed by atoms with van der Waals surface area (Å²) >= 11 is 3.43. The van der Waals surface area contributed by atoms with Crippen LogP contribution in [0.5, 0.6) is 0 Å². The minimum atomic E-state index is -0.190. The number of ether oxygens (including phenoxy) is 1. The van der Waals surface area contributed by atoms with Gasteiger partial charge in [0, 0.05) is 22.2 Å². The van der Waals surface area contributed by atoms with E-state index in [2.05, 4.69) is 26.1 Å². The van der Waals surface area contributed by atoms with Crippen molar-refractivity contribution in [1.82, 2.24) is 10.2 Å². The first-order valence-electron chi connectivity index (χ1n) is 7.36. The van der Waals surface area contributed by atoms with E-state index in [0.29, 0.717) is 18.4 Å². The maximum Gasteiger partial charge on any atom is 0.305 e. The van der Waals surface area contributed by atoms with Crippen molar-refractivity contribution < 1.29 is 9.53 Å². The van der Waals surface area contributed by atoms with E-state index >= 15 is 0 Å². The highest BCUT2D eigenvalue weighted by Crippen LogP contribution is 2.27. The van der Waals surface area contributed by atoms with E-state index in [1.807, 2.05) is 19.1 Å². The van der Waals surface area contributed by atoms with Gasteiger partial charge in [-0.05, 0) is 38.0 Å². The molecule has 0 bridgehead atoms. The first-order valence-corrected chi connectivity index (χ1v) is 8.15. The number of carbonyl (C=O) groups excluding carboxylic acids is 1. The van der Waals surface area contributed by atoms with E-state index in [1.54, 1.807) is 13.0 Å². The second kappa shape index (κ2) is 7.54. The number of nitrogens with one attached hydrogen (secondary N) is 1. The van der Waals surface area contributed by atoms with Gasteiger partial charge in [-0.1, -0.05) is 22.9 Å². The van der Waals surface area contributed by atoms with Crippen LogP contribution in [-0.4, -0.2) is 22.8 Å². The molecule has 6 heteroatoms. The number of carbonyl (C=O) groups is 1. The van der Waals surface area contributed by atoms with E-state index in [9.17, 15) is 9.59 Å². The molecule has 5 nitrogen and oxygen atoms in total. The molecule has 22 heavy (non-hydrogen) atoms. The van der Waals surface area contributed by atoms with Crippen LogP contribution < -0.4 is 5.56 Å². The molecule has 0 aliphatic rings. The van der Waals surface area contributed by atoms with Crippen LogP contribution in [0.15, 0.2) is 27.5 Å². The zero-order chi connectivity index (χ0) is 16.1. The molecule has 0 fully saturated rings. The lowest BCUT2D eigenvalue weighted by molar-refractivity contribution is -0.143. The zero-order valence-electron chi connectivity index (χ0n) is 12.7. The molecule has 2 aromatic rings. The van der Waals surface area contributed by atoms with E-state index < -0.39 is 0 Å². The number of hydrogen-bond donors (Lipinski definition) is 1. The number of halogens is 1. The summed E-state index contributed by atoms with van der Waals surface area (Å²) in [6.07, 6.45) is 1.94. The number of H-pyrrole nitrogens is 1. The number of fused-ring (bicyclic) bond motifs is 1. The van der Waals surface area contributed by atoms with E-state index in [1.165, 1.54) is 0 Å². The molecule has 118 valence electrons. The molecule has 1 aromatic carbocycles. The van der Waals surface area contributed by atoms with Crippen molar-refractivity contribution in [2.45, 2.75) is 39.0 Å². The molecule has 1 N–H and O–H groups in total. The molecule has 2 rings (SSSR count). The Morgan fingerprint density at radius 1 is 1.41 bits per heavy atom. The maximum absolute atomic E-state index is 11.8. The van der Waals surface area contributed by atoms with Crippen LogP contribution in [-0.2, 0) is 9.53 Å². The maximum atomic E-state index is 11.8. The van der Waals surface area contributed by atoms with E-state index in [4.69, 9.17) is 4.74 Å². The van der Waals surface area contributed by atoms with Gasteiger partial charge in [0.15, 0.2) is 0 Å². The molecule has 1 atom stereocenters. The fourth-order valence-electron chi connectivity index (χ4n) is 2.46. The lowest BCUT2D eigenvalue weighted by Crippen LogP contribution is -2.13. The predicted octanol–water partition coefficient (Wildman–Crippen LogP) is 3.52. The number of esters is 1. The Labute approximate surface area is 137 Å². The number of benzene rings is 1. The van der Waals surface area contributed by atoms with Gasteiger partial charge < -0.3 is 4.74 Å². The Hall–Kier alpha value is -1.69. The summed E-state index contributed by atoms with van der Waals surface area (Å²) in [6.45, 7) is 4.26. The van der Waals surface area contributed by atoms with E-state index in [0.717, 1.165) is 28.4 Å². The van der Waals surface area contributed by atoms with Gasteiger partial charge in [0.1, 0.15) is 0 Å². The van der Waals surface area contributed by atoms with Gasteiger partial charge in [-0.15, -0.1) is 0 Å². The lowest BCUT2D eigenvalue weighted by atomic mass is 9.96. The minimum absolute atomic E-state index is 0.142.